The maximum Gasteiger partial charge on any atom is 0.262 e. The Balaban J connectivity index is 1.34. The normalized spacial score (nSPS) is 20.6. The van der Waals surface area contributed by atoms with Gasteiger partial charge in [0, 0.05) is 37.5 Å². The van der Waals surface area contributed by atoms with Gasteiger partial charge in [0.2, 0.25) is 0 Å². The second-order valence-corrected chi connectivity index (χ2v) is 9.46. The molecular weight excluding hydrogens is 420 g/mol. The molecule has 5 rings (SSSR count). The summed E-state index contributed by atoms with van der Waals surface area (Å²) in [4.78, 5) is 15.3. The number of anilines is 1. The number of carbonyl (C=O) groups excluding carboxylic acids is 1. The number of aromatic hydroxyl groups is 2. The van der Waals surface area contributed by atoms with Gasteiger partial charge in [-0.25, -0.2) is 0 Å². The number of hydrogen-bond donors (Lipinski definition) is 3. The molecule has 3 N–H and O–H groups in total. The third-order valence-electron chi connectivity index (χ3n) is 7.04. The van der Waals surface area contributed by atoms with Gasteiger partial charge < -0.3 is 29.9 Å². The van der Waals surface area contributed by atoms with Crippen LogP contribution in [0.25, 0.3) is 0 Å². The molecule has 7 heteroatoms. The van der Waals surface area contributed by atoms with Gasteiger partial charge >= 0.3 is 0 Å². The number of hydrogen-bond acceptors (Lipinski definition) is 6. The van der Waals surface area contributed by atoms with Crippen LogP contribution in [0.4, 0.5) is 5.69 Å². The molecule has 0 aromatic heterocycles. The van der Waals surface area contributed by atoms with Crippen LogP contribution in [-0.2, 0) is 17.8 Å². The fraction of sp³-hybridized carbons (Fsp3) is 0.500. The Morgan fingerprint density at radius 2 is 1.97 bits per heavy atom. The summed E-state index contributed by atoms with van der Waals surface area (Å²) in [6.07, 6.45) is 6.83. The average Bonchev–Trinajstić information content (AvgIpc) is 3.48. The highest BCUT2D eigenvalue weighted by molar-refractivity contribution is 6.00. The maximum atomic E-state index is 13.5. The van der Waals surface area contributed by atoms with Crippen molar-refractivity contribution in [2.24, 2.45) is 5.92 Å². The van der Waals surface area contributed by atoms with Gasteiger partial charge in [0.15, 0.2) is 0 Å². The number of ether oxygens (including phenoxy) is 2. The van der Waals surface area contributed by atoms with Crippen molar-refractivity contribution >= 4 is 11.6 Å². The molecule has 2 aromatic carbocycles. The molecule has 2 heterocycles. The quantitative estimate of drug-likeness (QED) is 0.601. The van der Waals surface area contributed by atoms with Crippen LogP contribution < -0.4 is 10.1 Å². The van der Waals surface area contributed by atoms with Gasteiger partial charge in [0.1, 0.15) is 22.8 Å². The number of nitrogens with zero attached hydrogens (tertiary/aromatic N) is 1. The number of benzene rings is 2. The van der Waals surface area contributed by atoms with E-state index in [1.165, 1.54) is 31.4 Å². The lowest BCUT2D eigenvalue weighted by Crippen LogP contribution is -2.27. The minimum atomic E-state index is -0.294. The Labute approximate surface area is 194 Å². The number of nitrogens with one attached hydrogen (secondary N) is 1. The SMILES string of the molecule is O=C(c1c(O)cc(O)cc1OCC1CCCCC1)N1Cc2cccc(NC3CCOC3)c2C1. The zero-order valence-corrected chi connectivity index (χ0v) is 18.9. The number of amides is 1. The van der Waals surface area contributed by atoms with Crippen LogP contribution in [0.5, 0.6) is 17.2 Å². The molecule has 2 aromatic rings. The molecule has 1 aliphatic carbocycles. The minimum absolute atomic E-state index is 0.113. The van der Waals surface area contributed by atoms with E-state index in [4.69, 9.17) is 9.47 Å². The van der Waals surface area contributed by atoms with Crippen molar-refractivity contribution < 1.29 is 24.5 Å². The summed E-state index contributed by atoms with van der Waals surface area (Å²) in [5.74, 6) is 0.0298. The van der Waals surface area contributed by atoms with E-state index in [9.17, 15) is 15.0 Å². The largest absolute Gasteiger partial charge is 0.508 e. The van der Waals surface area contributed by atoms with Crippen molar-refractivity contribution in [3.05, 3.63) is 47.0 Å². The van der Waals surface area contributed by atoms with Gasteiger partial charge in [-0.15, -0.1) is 0 Å². The lowest BCUT2D eigenvalue weighted by atomic mass is 9.90. The fourth-order valence-corrected chi connectivity index (χ4v) is 5.20. The van der Waals surface area contributed by atoms with E-state index < -0.39 is 0 Å². The van der Waals surface area contributed by atoms with E-state index >= 15 is 0 Å². The molecule has 2 fully saturated rings. The fourth-order valence-electron chi connectivity index (χ4n) is 5.20. The van der Waals surface area contributed by atoms with Crippen molar-refractivity contribution in [2.75, 3.05) is 25.1 Å². The van der Waals surface area contributed by atoms with E-state index in [1.807, 2.05) is 18.2 Å². The number of phenols is 2. The molecular formula is C26H32N2O5. The topological polar surface area (TPSA) is 91.3 Å². The van der Waals surface area contributed by atoms with Crippen LogP contribution in [0.15, 0.2) is 30.3 Å². The molecule has 7 nitrogen and oxygen atoms in total. The van der Waals surface area contributed by atoms with Crippen LogP contribution in [0.3, 0.4) is 0 Å². The Hall–Kier alpha value is -2.93. The van der Waals surface area contributed by atoms with Crippen LogP contribution in [0.1, 0.15) is 60.0 Å². The molecule has 3 aliphatic rings. The molecule has 1 saturated carbocycles. The number of fused-ring (bicyclic) bond motifs is 1. The Morgan fingerprint density at radius 3 is 2.76 bits per heavy atom. The van der Waals surface area contributed by atoms with Crippen molar-refractivity contribution in [3.63, 3.8) is 0 Å². The molecule has 1 atom stereocenters. The Morgan fingerprint density at radius 1 is 1.12 bits per heavy atom. The maximum absolute atomic E-state index is 13.5. The molecule has 0 radical (unpaired) electrons. The van der Waals surface area contributed by atoms with Crippen LogP contribution in [0, 0.1) is 5.92 Å². The zero-order valence-electron chi connectivity index (χ0n) is 18.9. The number of phenolic OH excluding ortho intramolecular Hbond substituents is 2. The summed E-state index contributed by atoms with van der Waals surface area (Å²) < 4.78 is 11.5. The van der Waals surface area contributed by atoms with Gasteiger partial charge in [-0.3, -0.25) is 4.79 Å². The van der Waals surface area contributed by atoms with Crippen molar-refractivity contribution in [3.8, 4) is 17.2 Å². The van der Waals surface area contributed by atoms with Crippen molar-refractivity contribution in [1.29, 1.82) is 0 Å². The predicted octanol–water partition coefficient (Wildman–Crippen LogP) is 4.41. The molecule has 176 valence electrons. The van der Waals surface area contributed by atoms with Gasteiger partial charge in [-0.2, -0.15) is 0 Å². The van der Waals surface area contributed by atoms with Crippen molar-refractivity contribution in [2.45, 2.75) is 57.7 Å². The molecule has 1 unspecified atom stereocenters. The molecule has 2 aliphatic heterocycles. The van der Waals surface area contributed by atoms with Crippen LogP contribution >= 0.6 is 0 Å². The molecule has 0 bridgehead atoms. The van der Waals surface area contributed by atoms with Gasteiger partial charge in [-0.1, -0.05) is 31.4 Å². The monoisotopic (exact) mass is 452 g/mol. The van der Waals surface area contributed by atoms with Gasteiger partial charge in [-0.05, 0) is 42.4 Å². The van der Waals surface area contributed by atoms with Gasteiger partial charge in [0.25, 0.3) is 5.91 Å². The third kappa shape index (κ3) is 4.74. The first-order valence-electron chi connectivity index (χ1n) is 12.0. The molecule has 33 heavy (non-hydrogen) atoms. The standard InChI is InChI=1S/C26H32N2O5/c29-20-11-23(30)25(24(12-20)33-15-17-5-2-1-3-6-17)26(31)28-13-18-7-4-8-22(21(18)14-28)27-19-9-10-32-16-19/h4,7-8,11-12,17,19,27,29-30H,1-3,5-6,9-10,13-16H2. The van der Waals surface area contributed by atoms with E-state index in [1.54, 1.807) is 4.90 Å². The van der Waals surface area contributed by atoms with Gasteiger partial charge in [0.05, 0.1) is 19.3 Å². The Bertz CT molecular complexity index is 1010. The highest BCUT2D eigenvalue weighted by atomic mass is 16.5. The van der Waals surface area contributed by atoms with Crippen LogP contribution in [-0.4, -0.2) is 46.9 Å². The Kier molecular flexibility index (Phi) is 6.31. The number of carbonyl (C=O) groups is 1. The summed E-state index contributed by atoms with van der Waals surface area (Å²) in [5, 5.41) is 24.2. The summed E-state index contributed by atoms with van der Waals surface area (Å²) >= 11 is 0. The highest BCUT2D eigenvalue weighted by Crippen LogP contribution is 2.38. The van der Waals surface area contributed by atoms with Crippen molar-refractivity contribution in [1.82, 2.24) is 4.90 Å². The summed E-state index contributed by atoms with van der Waals surface area (Å²) in [6.45, 7) is 2.86. The van der Waals surface area contributed by atoms with E-state index in [0.29, 0.717) is 32.2 Å². The first kappa shape index (κ1) is 21.9. The summed E-state index contributed by atoms with van der Waals surface area (Å²) in [6, 6.07) is 9.00. The lowest BCUT2D eigenvalue weighted by Gasteiger charge is -2.23. The lowest BCUT2D eigenvalue weighted by molar-refractivity contribution is 0.0742. The smallest absolute Gasteiger partial charge is 0.262 e. The minimum Gasteiger partial charge on any atom is -0.508 e. The van der Waals surface area contributed by atoms with E-state index in [2.05, 4.69) is 5.32 Å². The first-order chi connectivity index (χ1) is 16.1. The van der Waals surface area contributed by atoms with E-state index in [-0.39, 0.29) is 34.8 Å². The molecule has 1 saturated heterocycles. The second kappa shape index (κ2) is 9.51. The third-order valence-corrected chi connectivity index (χ3v) is 7.04. The summed E-state index contributed by atoms with van der Waals surface area (Å²) in [5.41, 5.74) is 3.34. The zero-order chi connectivity index (χ0) is 22.8. The summed E-state index contributed by atoms with van der Waals surface area (Å²) in [7, 11) is 0. The predicted molar refractivity (Wildman–Crippen MR) is 125 cm³/mol. The molecule has 1 amide bonds. The first-order valence-corrected chi connectivity index (χ1v) is 12.0. The number of rotatable bonds is 6. The van der Waals surface area contributed by atoms with E-state index in [0.717, 1.165) is 42.7 Å². The average molecular weight is 453 g/mol. The van der Waals surface area contributed by atoms with Crippen LogP contribution in [0.2, 0.25) is 0 Å². The second-order valence-electron chi connectivity index (χ2n) is 9.46. The highest BCUT2D eigenvalue weighted by Gasteiger charge is 2.31. The molecule has 0 spiro atoms.